The van der Waals surface area contributed by atoms with E-state index in [4.69, 9.17) is 15.7 Å². The Kier molecular flexibility index (Phi) is 6.50. The fraction of sp³-hybridized carbons (Fsp3) is 0.429. The molecular weight excluding hydrogens is 258 g/mol. The van der Waals surface area contributed by atoms with Gasteiger partial charge in [0.15, 0.2) is 0 Å². The molecule has 0 atom stereocenters. The van der Waals surface area contributed by atoms with Gasteiger partial charge in [-0.05, 0) is 11.6 Å². The SMILES string of the molecule is COCCN(CCC#N)Cc1cccc(N)c1C(=O)O. The van der Waals surface area contributed by atoms with Crippen LogP contribution in [-0.4, -0.2) is 42.8 Å². The number of hydrogen-bond acceptors (Lipinski definition) is 5. The highest BCUT2D eigenvalue weighted by molar-refractivity contribution is 5.95. The Labute approximate surface area is 118 Å². The molecule has 6 heteroatoms. The summed E-state index contributed by atoms with van der Waals surface area (Å²) in [6, 6.07) is 7.13. The van der Waals surface area contributed by atoms with Crippen molar-refractivity contribution in [3.63, 3.8) is 0 Å². The predicted molar refractivity (Wildman–Crippen MR) is 75.2 cm³/mol. The van der Waals surface area contributed by atoms with E-state index >= 15 is 0 Å². The number of nitriles is 1. The molecule has 0 aliphatic heterocycles. The van der Waals surface area contributed by atoms with Gasteiger partial charge >= 0.3 is 5.97 Å². The molecule has 0 saturated heterocycles. The number of nitrogens with zero attached hydrogens (tertiary/aromatic N) is 2. The molecule has 0 radical (unpaired) electrons. The molecule has 0 fully saturated rings. The Hall–Kier alpha value is -2.10. The fourth-order valence-corrected chi connectivity index (χ4v) is 1.95. The van der Waals surface area contributed by atoms with Crippen LogP contribution >= 0.6 is 0 Å². The normalized spacial score (nSPS) is 10.4. The number of carbonyl (C=O) groups is 1. The van der Waals surface area contributed by atoms with Crippen LogP contribution in [-0.2, 0) is 11.3 Å². The first kappa shape index (κ1) is 16.0. The second kappa shape index (κ2) is 8.15. The van der Waals surface area contributed by atoms with Crippen LogP contribution in [0.25, 0.3) is 0 Å². The van der Waals surface area contributed by atoms with E-state index in [9.17, 15) is 9.90 Å². The monoisotopic (exact) mass is 277 g/mol. The van der Waals surface area contributed by atoms with Crippen molar-refractivity contribution < 1.29 is 14.6 Å². The topological polar surface area (TPSA) is 99.6 Å². The summed E-state index contributed by atoms with van der Waals surface area (Å²) in [5.41, 5.74) is 6.75. The third-order valence-corrected chi connectivity index (χ3v) is 2.94. The van der Waals surface area contributed by atoms with Crippen LogP contribution in [0.4, 0.5) is 5.69 Å². The van der Waals surface area contributed by atoms with Gasteiger partial charge in [-0.2, -0.15) is 5.26 Å². The number of ether oxygens (including phenoxy) is 1. The summed E-state index contributed by atoms with van der Waals surface area (Å²) in [5.74, 6) is -1.04. The Bertz CT molecular complexity index is 497. The molecule has 6 nitrogen and oxygen atoms in total. The molecule has 0 aromatic heterocycles. The van der Waals surface area contributed by atoms with Gasteiger partial charge in [-0.15, -0.1) is 0 Å². The molecule has 3 N–H and O–H groups in total. The summed E-state index contributed by atoms with van der Waals surface area (Å²) in [4.78, 5) is 13.3. The highest BCUT2D eigenvalue weighted by Crippen LogP contribution is 2.19. The second-order valence-corrected chi connectivity index (χ2v) is 4.36. The molecule has 0 spiro atoms. The zero-order chi connectivity index (χ0) is 15.0. The van der Waals surface area contributed by atoms with E-state index in [1.807, 2.05) is 4.90 Å². The molecule has 1 rings (SSSR count). The van der Waals surface area contributed by atoms with Gasteiger partial charge in [0.05, 0.1) is 18.2 Å². The molecule has 0 aliphatic rings. The molecule has 0 saturated carbocycles. The van der Waals surface area contributed by atoms with Crippen molar-refractivity contribution in [3.05, 3.63) is 29.3 Å². The van der Waals surface area contributed by atoms with E-state index in [0.717, 1.165) is 0 Å². The smallest absolute Gasteiger partial charge is 0.338 e. The maximum atomic E-state index is 11.3. The number of rotatable bonds is 8. The van der Waals surface area contributed by atoms with Crippen LogP contribution in [0.5, 0.6) is 0 Å². The van der Waals surface area contributed by atoms with E-state index in [1.54, 1.807) is 25.3 Å². The van der Waals surface area contributed by atoms with E-state index in [1.165, 1.54) is 0 Å². The van der Waals surface area contributed by atoms with Crippen LogP contribution in [0, 0.1) is 11.3 Å². The molecule has 0 aliphatic carbocycles. The molecule has 0 bridgehead atoms. The van der Waals surface area contributed by atoms with E-state index in [-0.39, 0.29) is 11.3 Å². The molecule has 0 amide bonds. The Morgan fingerprint density at radius 3 is 2.85 bits per heavy atom. The van der Waals surface area contributed by atoms with Gasteiger partial charge in [-0.1, -0.05) is 12.1 Å². The van der Waals surface area contributed by atoms with Crippen LogP contribution < -0.4 is 5.73 Å². The molecule has 20 heavy (non-hydrogen) atoms. The Balaban J connectivity index is 2.89. The first-order chi connectivity index (χ1) is 9.60. The van der Waals surface area contributed by atoms with Crippen LogP contribution in [0.3, 0.4) is 0 Å². The predicted octanol–water partition coefficient (Wildman–Crippen LogP) is 1.33. The number of anilines is 1. The van der Waals surface area contributed by atoms with Crippen molar-refractivity contribution >= 4 is 11.7 Å². The summed E-state index contributed by atoms with van der Waals surface area (Å²) in [5, 5.41) is 17.9. The number of hydrogen-bond donors (Lipinski definition) is 2. The van der Waals surface area contributed by atoms with Gasteiger partial charge in [-0.25, -0.2) is 4.79 Å². The van der Waals surface area contributed by atoms with Crippen molar-refractivity contribution in [2.24, 2.45) is 0 Å². The van der Waals surface area contributed by atoms with Crippen molar-refractivity contribution in [1.82, 2.24) is 4.90 Å². The molecule has 108 valence electrons. The molecule has 0 heterocycles. The van der Waals surface area contributed by atoms with Crippen molar-refractivity contribution in [2.45, 2.75) is 13.0 Å². The van der Waals surface area contributed by atoms with Gasteiger partial charge < -0.3 is 15.6 Å². The third kappa shape index (κ3) is 4.53. The third-order valence-electron chi connectivity index (χ3n) is 2.94. The standard InChI is InChI=1S/C14H19N3O3/c1-20-9-8-17(7-3-6-15)10-11-4-2-5-12(16)13(11)14(18)19/h2,4-5H,3,7-10,16H2,1H3,(H,18,19). The number of benzene rings is 1. The quantitative estimate of drug-likeness (QED) is 0.695. The zero-order valence-corrected chi connectivity index (χ0v) is 11.5. The number of carboxylic acid groups (broad SMARTS) is 1. The van der Waals surface area contributed by atoms with Gasteiger partial charge in [-0.3, -0.25) is 4.90 Å². The number of carboxylic acids is 1. The lowest BCUT2D eigenvalue weighted by Crippen LogP contribution is -2.29. The molecular formula is C14H19N3O3. The fourth-order valence-electron chi connectivity index (χ4n) is 1.95. The first-order valence-corrected chi connectivity index (χ1v) is 6.29. The van der Waals surface area contributed by atoms with Gasteiger partial charge in [0, 0.05) is 38.9 Å². The zero-order valence-electron chi connectivity index (χ0n) is 11.5. The minimum atomic E-state index is -1.04. The Morgan fingerprint density at radius 1 is 1.50 bits per heavy atom. The van der Waals surface area contributed by atoms with E-state index in [2.05, 4.69) is 6.07 Å². The highest BCUT2D eigenvalue weighted by atomic mass is 16.5. The average Bonchev–Trinajstić information content (AvgIpc) is 2.41. The van der Waals surface area contributed by atoms with Crippen LogP contribution in [0.2, 0.25) is 0 Å². The van der Waals surface area contributed by atoms with E-state index < -0.39 is 5.97 Å². The molecule has 1 aromatic rings. The number of aromatic carboxylic acids is 1. The lowest BCUT2D eigenvalue weighted by atomic mass is 10.0. The summed E-state index contributed by atoms with van der Waals surface area (Å²) in [6.45, 7) is 2.15. The highest BCUT2D eigenvalue weighted by Gasteiger charge is 2.16. The maximum Gasteiger partial charge on any atom is 0.338 e. The Morgan fingerprint density at radius 2 is 2.25 bits per heavy atom. The van der Waals surface area contributed by atoms with Crippen LogP contribution in [0.1, 0.15) is 22.3 Å². The second-order valence-electron chi connectivity index (χ2n) is 4.36. The number of methoxy groups -OCH3 is 1. The van der Waals surface area contributed by atoms with Gasteiger partial charge in [0.25, 0.3) is 0 Å². The van der Waals surface area contributed by atoms with Gasteiger partial charge in [0.2, 0.25) is 0 Å². The van der Waals surface area contributed by atoms with Crippen LogP contribution in [0.15, 0.2) is 18.2 Å². The largest absolute Gasteiger partial charge is 0.478 e. The molecule has 0 unspecified atom stereocenters. The summed E-state index contributed by atoms with van der Waals surface area (Å²) >= 11 is 0. The number of nitrogen functional groups attached to an aromatic ring is 1. The summed E-state index contributed by atoms with van der Waals surface area (Å²) in [6.07, 6.45) is 0.383. The lowest BCUT2D eigenvalue weighted by molar-refractivity contribution is 0.0695. The number of nitrogens with two attached hydrogens (primary N) is 1. The van der Waals surface area contributed by atoms with Crippen molar-refractivity contribution in [3.8, 4) is 6.07 Å². The average molecular weight is 277 g/mol. The van der Waals surface area contributed by atoms with Gasteiger partial charge in [0.1, 0.15) is 0 Å². The van der Waals surface area contributed by atoms with Crippen molar-refractivity contribution in [1.29, 1.82) is 5.26 Å². The van der Waals surface area contributed by atoms with E-state index in [0.29, 0.717) is 38.2 Å². The lowest BCUT2D eigenvalue weighted by Gasteiger charge is -2.22. The first-order valence-electron chi connectivity index (χ1n) is 6.29. The summed E-state index contributed by atoms with van der Waals surface area (Å²) in [7, 11) is 1.60. The minimum absolute atomic E-state index is 0.131. The molecule has 1 aromatic carbocycles. The minimum Gasteiger partial charge on any atom is -0.478 e. The summed E-state index contributed by atoms with van der Waals surface area (Å²) < 4.78 is 5.03. The van der Waals surface area contributed by atoms with Crippen molar-refractivity contribution in [2.75, 3.05) is 32.5 Å². The maximum absolute atomic E-state index is 11.3.